The van der Waals surface area contributed by atoms with Gasteiger partial charge in [-0.05, 0) is 40.9 Å². The second-order valence-corrected chi connectivity index (χ2v) is 6.22. The van der Waals surface area contributed by atoms with E-state index in [1.807, 2.05) is 19.1 Å². The number of carbonyl (C=O) groups is 2. The van der Waals surface area contributed by atoms with Gasteiger partial charge in [-0.15, -0.1) is 0 Å². The Balaban J connectivity index is 2.23. The number of benzene rings is 1. The lowest BCUT2D eigenvalue weighted by molar-refractivity contribution is -0.151. The summed E-state index contributed by atoms with van der Waals surface area (Å²) in [6.45, 7) is 2.63. The number of carboxylic acid groups (broad SMARTS) is 1. The van der Waals surface area contributed by atoms with Crippen LogP contribution in [0.15, 0.2) is 22.7 Å². The zero-order valence-electron chi connectivity index (χ0n) is 12.1. The summed E-state index contributed by atoms with van der Waals surface area (Å²) in [4.78, 5) is 25.7. The van der Waals surface area contributed by atoms with E-state index in [-0.39, 0.29) is 19.1 Å². The number of hydrogen-bond donors (Lipinski definition) is 1. The molecule has 2 rings (SSSR count). The molecule has 1 aliphatic heterocycles. The summed E-state index contributed by atoms with van der Waals surface area (Å²) in [7, 11) is 1.48. The largest absolute Gasteiger partial charge is 0.481 e. The van der Waals surface area contributed by atoms with Gasteiger partial charge in [-0.3, -0.25) is 9.59 Å². The molecular weight excluding hydrogens is 338 g/mol. The Morgan fingerprint density at radius 2 is 2.19 bits per heavy atom. The molecule has 0 spiro atoms. The summed E-state index contributed by atoms with van der Waals surface area (Å²) in [6.07, 6.45) is 0.408. The molecule has 0 radical (unpaired) electrons. The number of halogens is 1. The van der Waals surface area contributed by atoms with Crippen molar-refractivity contribution in [2.45, 2.75) is 13.3 Å². The zero-order chi connectivity index (χ0) is 15.6. The highest BCUT2D eigenvalue weighted by atomic mass is 79.9. The summed E-state index contributed by atoms with van der Waals surface area (Å²) >= 11 is 3.43. The molecule has 5 nitrogen and oxygen atoms in total. The van der Waals surface area contributed by atoms with Crippen molar-refractivity contribution in [2.75, 3.05) is 26.8 Å². The number of amides is 1. The van der Waals surface area contributed by atoms with Gasteiger partial charge >= 0.3 is 5.97 Å². The molecule has 1 saturated heterocycles. The van der Waals surface area contributed by atoms with E-state index in [1.165, 1.54) is 7.11 Å². The van der Waals surface area contributed by atoms with Crippen molar-refractivity contribution in [3.8, 4) is 0 Å². The number of rotatable bonds is 4. The molecule has 21 heavy (non-hydrogen) atoms. The smallest absolute Gasteiger partial charge is 0.313 e. The van der Waals surface area contributed by atoms with Crippen LogP contribution in [-0.2, 0) is 9.53 Å². The SMILES string of the molecule is COCC1(C(=O)O)CCN(C(=O)c2cccc(C)c2Br)C1. The minimum absolute atomic E-state index is 0.112. The van der Waals surface area contributed by atoms with Gasteiger partial charge in [-0.1, -0.05) is 12.1 Å². The van der Waals surface area contributed by atoms with Gasteiger partial charge < -0.3 is 14.7 Å². The molecule has 6 heteroatoms. The molecule has 0 aromatic heterocycles. The number of aryl methyl sites for hydroxylation is 1. The third-order valence-electron chi connectivity index (χ3n) is 3.94. The van der Waals surface area contributed by atoms with Crippen LogP contribution in [0, 0.1) is 12.3 Å². The number of carboxylic acids is 1. The van der Waals surface area contributed by atoms with Crippen molar-refractivity contribution in [1.82, 2.24) is 4.90 Å². The maximum atomic E-state index is 12.6. The van der Waals surface area contributed by atoms with E-state index in [1.54, 1.807) is 11.0 Å². The first-order chi connectivity index (χ1) is 9.91. The molecule has 1 amide bonds. The normalized spacial score (nSPS) is 21.6. The predicted molar refractivity (Wildman–Crippen MR) is 81.3 cm³/mol. The Hall–Kier alpha value is -1.40. The van der Waals surface area contributed by atoms with Crippen molar-refractivity contribution in [1.29, 1.82) is 0 Å². The van der Waals surface area contributed by atoms with Crippen molar-refractivity contribution >= 4 is 27.8 Å². The highest BCUT2D eigenvalue weighted by molar-refractivity contribution is 9.10. The fraction of sp³-hybridized carbons (Fsp3) is 0.467. The topological polar surface area (TPSA) is 66.8 Å². The number of ether oxygens (including phenoxy) is 1. The van der Waals surface area contributed by atoms with Gasteiger partial charge in [0.25, 0.3) is 5.91 Å². The van der Waals surface area contributed by atoms with Crippen LogP contribution in [0.4, 0.5) is 0 Å². The molecule has 1 atom stereocenters. The lowest BCUT2D eigenvalue weighted by Gasteiger charge is -2.24. The summed E-state index contributed by atoms with van der Waals surface area (Å²) in [5.41, 5.74) is 0.538. The number of methoxy groups -OCH3 is 1. The zero-order valence-corrected chi connectivity index (χ0v) is 13.6. The quantitative estimate of drug-likeness (QED) is 0.899. The third kappa shape index (κ3) is 2.96. The Kier molecular flexibility index (Phi) is 4.68. The Morgan fingerprint density at radius 1 is 1.48 bits per heavy atom. The van der Waals surface area contributed by atoms with Gasteiger partial charge in [0.1, 0.15) is 5.41 Å². The van der Waals surface area contributed by atoms with Crippen LogP contribution in [0.3, 0.4) is 0 Å². The number of aliphatic carboxylic acids is 1. The average Bonchev–Trinajstić information content (AvgIpc) is 2.87. The predicted octanol–water partition coefficient (Wildman–Crippen LogP) is 2.32. The molecule has 1 aliphatic rings. The van der Waals surface area contributed by atoms with Crippen LogP contribution >= 0.6 is 15.9 Å². The van der Waals surface area contributed by atoms with Gasteiger partial charge in [0, 0.05) is 24.7 Å². The van der Waals surface area contributed by atoms with Gasteiger partial charge in [-0.2, -0.15) is 0 Å². The van der Waals surface area contributed by atoms with E-state index in [2.05, 4.69) is 15.9 Å². The molecule has 1 aromatic rings. The summed E-state index contributed by atoms with van der Waals surface area (Å²) in [5.74, 6) is -1.06. The van der Waals surface area contributed by atoms with Gasteiger partial charge in [0.05, 0.1) is 12.2 Å². The summed E-state index contributed by atoms with van der Waals surface area (Å²) in [5, 5.41) is 9.44. The maximum Gasteiger partial charge on any atom is 0.313 e. The first-order valence-electron chi connectivity index (χ1n) is 6.68. The Morgan fingerprint density at radius 3 is 2.81 bits per heavy atom. The minimum atomic E-state index is -0.999. The molecule has 1 fully saturated rings. The monoisotopic (exact) mass is 355 g/mol. The summed E-state index contributed by atoms with van der Waals surface area (Å²) in [6, 6.07) is 5.48. The molecule has 1 N–H and O–H groups in total. The molecule has 1 aromatic carbocycles. The van der Waals surface area contributed by atoms with Crippen molar-refractivity contribution in [2.24, 2.45) is 5.41 Å². The Bertz CT molecular complexity index is 575. The van der Waals surface area contributed by atoms with E-state index >= 15 is 0 Å². The lowest BCUT2D eigenvalue weighted by atomic mass is 9.88. The first-order valence-corrected chi connectivity index (χ1v) is 7.47. The number of likely N-dealkylation sites (tertiary alicyclic amines) is 1. The van der Waals surface area contributed by atoms with Crippen LogP contribution in [-0.4, -0.2) is 48.7 Å². The molecule has 0 saturated carbocycles. The molecule has 0 aliphatic carbocycles. The van der Waals surface area contributed by atoms with Crippen molar-refractivity contribution in [3.63, 3.8) is 0 Å². The van der Waals surface area contributed by atoms with Crippen LogP contribution in [0.5, 0.6) is 0 Å². The van der Waals surface area contributed by atoms with Crippen LogP contribution in [0.2, 0.25) is 0 Å². The van der Waals surface area contributed by atoms with E-state index in [9.17, 15) is 14.7 Å². The highest BCUT2D eigenvalue weighted by Crippen LogP contribution is 2.33. The van der Waals surface area contributed by atoms with E-state index in [4.69, 9.17) is 4.74 Å². The van der Waals surface area contributed by atoms with E-state index < -0.39 is 11.4 Å². The van der Waals surface area contributed by atoms with E-state index in [0.29, 0.717) is 18.5 Å². The minimum Gasteiger partial charge on any atom is -0.481 e. The average molecular weight is 356 g/mol. The van der Waals surface area contributed by atoms with Crippen molar-refractivity contribution in [3.05, 3.63) is 33.8 Å². The molecule has 1 unspecified atom stereocenters. The highest BCUT2D eigenvalue weighted by Gasteiger charge is 2.46. The molecular formula is C15H18BrNO4. The third-order valence-corrected chi connectivity index (χ3v) is 4.99. The maximum absolute atomic E-state index is 12.6. The fourth-order valence-electron chi connectivity index (χ4n) is 2.66. The van der Waals surface area contributed by atoms with Gasteiger partial charge in [0.2, 0.25) is 0 Å². The second kappa shape index (κ2) is 6.15. The first kappa shape index (κ1) is 16.0. The van der Waals surface area contributed by atoms with Gasteiger partial charge in [-0.25, -0.2) is 0 Å². The van der Waals surface area contributed by atoms with Crippen LogP contribution in [0.25, 0.3) is 0 Å². The van der Waals surface area contributed by atoms with E-state index in [0.717, 1.165) is 10.0 Å². The standard InChI is InChI=1S/C15H18BrNO4/c1-10-4-3-5-11(12(10)16)13(18)17-7-6-15(8-17,9-21-2)14(19)20/h3-5H,6-9H2,1-2H3,(H,19,20). The van der Waals surface area contributed by atoms with Crippen LogP contribution in [0.1, 0.15) is 22.3 Å². The lowest BCUT2D eigenvalue weighted by Crippen LogP contribution is -2.40. The van der Waals surface area contributed by atoms with Crippen LogP contribution < -0.4 is 0 Å². The molecule has 1 heterocycles. The number of hydrogen-bond acceptors (Lipinski definition) is 3. The fourth-order valence-corrected chi connectivity index (χ4v) is 3.09. The number of carbonyl (C=O) groups excluding carboxylic acids is 1. The molecule has 0 bridgehead atoms. The summed E-state index contributed by atoms with van der Waals surface area (Å²) < 4.78 is 5.80. The Labute approximate surface area is 132 Å². The second-order valence-electron chi connectivity index (χ2n) is 5.43. The van der Waals surface area contributed by atoms with Crippen molar-refractivity contribution < 1.29 is 19.4 Å². The van der Waals surface area contributed by atoms with Gasteiger partial charge in [0.15, 0.2) is 0 Å². The number of nitrogens with zero attached hydrogens (tertiary/aromatic N) is 1. The molecule has 114 valence electrons.